The van der Waals surface area contributed by atoms with E-state index >= 15 is 0 Å². The van der Waals surface area contributed by atoms with Gasteiger partial charge < -0.3 is 4.98 Å². The van der Waals surface area contributed by atoms with E-state index in [-0.39, 0.29) is 11.7 Å². The van der Waals surface area contributed by atoms with Crippen LogP contribution in [0.15, 0.2) is 12.4 Å². The molecule has 1 atom stereocenters. The first-order chi connectivity index (χ1) is 7.53. The summed E-state index contributed by atoms with van der Waals surface area (Å²) in [6.45, 7) is 2.16. The van der Waals surface area contributed by atoms with Crippen molar-refractivity contribution in [2.75, 3.05) is 18.2 Å². The molecule has 5 nitrogen and oxygen atoms in total. The van der Waals surface area contributed by atoms with E-state index in [0.29, 0.717) is 18.8 Å². The molecular formula is C9H16ClN3O2S. The zero-order valence-corrected chi connectivity index (χ0v) is 10.7. The summed E-state index contributed by atoms with van der Waals surface area (Å²) in [5.74, 6) is 1.14. The van der Waals surface area contributed by atoms with Gasteiger partial charge in [0.25, 0.3) is 0 Å². The lowest BCUT2D eigenvalue weighted by atomic mass is 10.3. The number of aromatic nitrogens is 2. The third-order valence-electron chi connectivity index (χ3n) is 2.01. The molecule has 7 heteroatoms. The molecule has 0 aliphatic rings. The van der Waals surface area contributed by atoms with Gasteiger partial charge in [-0.05, 0) is 5.92 Å². The number of aromatic amines is 1. The Balaban J connectivity index is 2.31. The van der Waals surface area contributed by atoms with Crippen LogP contribution in [-0.2, 0) is 16.4 Å². The van der Waals surface area contributed by atoms with Gasteiger partial charge in [-0.1, -0.05) is 6.92 Å². The molecule has 92 valence electrons. The van der Waals surface area contributed by atoms with E-state index in [1.54, 1.807) is 19.3 Å². The number of alkyl halides is 1. The highest BCUT2D eigenvalue weighted by Gasteiger charge is 2.14. The van der Waals surface area contributed by atoms with Crippen molar-refractivity contribution in [1.82, 2.24) is 14.7 Å². The zero-order chi connectivity index (χ0) is 12.0. The van der Waals surface area contributed by atoms with E-state index in [4.69, 9.17) is 11.6 Å². The lowest BCUT2D eigenvalue weighted by Gasteiger charge is -2.09. The summed E-state index contributed by atoms with van der Waals surface area (Å²) in [7, 11) is -3.22. The number of hydrogen-bond donors (Lipinski definition) is 2. The van der Waals surface area contributed by atoms with E-state index in [1.165, 1.54) is 0 Å². The fraction of sp³-hybridized carbons (Fsp3) is 0.667. The average molecular weight is 266 g/mol. The minimum Gasteiger partial charge on any atom is -0.349 e. The number of imidazole rings is 1. The van der Waals surface area contributed by atoms with Crippen molar-refractivity contribution in [3.8, 4) is 0 Å². The number of H-pyrrole nitrogens is 1. The maximum atomic E-state index is 11.5. The monoisotopic (exact) mass is 265 g/mol. The Labute approximate surface area is 101 Å². The van der Waals surface area contributed by atoms with Gasteiger partial charge in [-0.25, -0.2) is 18.1 Å². The van der Waals surface area contributed by atoms with Crippen LogP contribution >= 0.6 is 11.6 Å². The highest BCUT2D eigenvalue weighted by Crippen LogP contribution is 2.02. The molecule has 16 heavy (non-hydrogen) atoms. The molecule has 0 saturated carbocycles. The third kappa shape index (κ3) is 4.96. The molecule has 0 spiro atoms. The molecule has 0 saturated heterocycles. The standard InChI is InChI=1S/C9H16ClN3O2S/c1-8(6-10)7-16(14,15)13-3-2-9-11-4-5-12-9/h4-5,8,13H,2-3,6-7H2,1H3,(H,11,12). The van der Waals surface area contributed by atoms with Crippen LogP contribution in [0, 0.1) is 5.92 Å². The van der Waals surface area contributed by atoms with Crippen LogP contribution in [0.3, 0.4) is 0 Å². The van der Waals surface area contributed by atoms with Gasteiger partial charge in [-0.3, -0.25) is 0 Å². The Morgan fingerprint density at radius 2 is 2.38 bits per heavy atom. The molecule has 1 heterocycles. The summed E-state index contributed by atoms with van der Waals surface area (Å²) in [5, 5.41) is 0. The SMILES string of the molecule is CC(CCl)CS(=O)(=O)NCCc1ncc[nH]1. The predicted octanol–water partition coefficient (Wildman–Crippen LogP) is 0.746. The fourth-order valence-corrected chi connectivity index (χ4v) is 2.87. The first-order valence-corrected chi connectivity index (χ1v) is 7.23. The molecule has 1 unspecified atom stereocenters. The number of hydrogen-bond acceptors (Lipinski definition) is 3. The van der Waals surface area contributed by atoms with Gasteiger partial charge in [0, 0.05) is 31.2 Å². The van der Waals surface area contributed by atoms with E-state index in [9.17, 15) is 8.42 Å². The number of nitrogens with zero attached hydrogens (tertiary/aromatic N) is 1. The van der Waals surface area contributed by atoms with Gasteiger partial charge in [-0.15, -0.1) is 11.6 Å². The molecule has 0 aromatic carbocycles. The van der Waals surface area contributed by atoms with Gasteiger partial charge >= 0.3 is 0 Å². The highest BCUT2D eigenvalue weighted by molar-refractivity contribution is 7.89. The predicted molar refractivity (Wildman–Crippen MR) is 64.0 cm³/mol. The number of sulfonamides is 1. The van der Waals surface area contributed by atoms with E-state index in [1.807, 2.05) is 0 Å². The molecule has 2 N–H and O–H groups in total. The molecule has 0 fully saturated rings. The summed E-state index contributed by atoms with van der Waals surface area (Å²) in [6, 6.07) is 0. The first-order valence-electron chi connectivity index (χ1n) is 5.05. The Morgan fingerprint density at radius 1 is 1.62 bits per heavy atom. The molecule has 0 bridgehead atoms. The maximum Gasteiger partial charge on any atom is 0.211 e. The minimum atomic E-state index is -3.22. The lowest BCUT2D eigenvalue weighted by molar-refractivity contribution is 0.568. The van der Waals surface area contributed by atoms with Gasteiger partial charge in [0.1, 0.15) is 5.82 Å². The fourth-order valence-electron chi connectivity index (χ4n) is 1.24. The Kier molecular flexibility index (Phi) is 5.24. The van der Waals surface area contributed by atoms with Gasteiger partial charge in [0.05, 0.1) is 5.75 Å². The normalized spacial score (nSPS) is 13.9. The second-order valence-electron chi connectivity index (χ2n) is 3.72. The lowest BCUT2D eigenvalue weighted by Crippen LogP contribution is -2.31. The van der Waals surface area contributed by atoms with Crippen LogP contribution in [0.4, 0.5) is 0 Å². The van der Waals surface area contributed by atoms with Gasteiger partial charge in [0.2, 0.25) is 10.0 Å². The summed E-state index contributed by atoms with van der Waals surface area (Å²) in [4.78, 5) is 6.91. The number of rotatable bonds is 7. The Hall–Kier alpha value is -0.590. The van der Waals surface area contributed by atoms with Crippen molar-refractivity contribution in [3.05, 3.63) is 18.2 Å². The van der Waals surface area contributed by atoms with Gasteiger partial charge in [-0.2, -0.15) is 0 Å². The van der Waals surface area contributed by atoms with E-state index in [0.717, 1.165) is 5.82 Å². The van der Waals surface area contributed by atoms with Gasteiger partial charge in [0.15, 0.2) is 0 Å². The van der Waals surface area contributed by atoms with Crippen LogP contribution in [0.25, 0.3) is 0 Å². The molecule has 0 aliphatic heterocycles. The molecule has 0 aliphatic carbocycles. The second-order valence-corrected chi connectivity index (χ2v) is 5.88. The highest BCUT2D eigenvalue weighted by atomic mass is 35.5. The number of nitrogens with one attached hydrogen (secondary N) is 2. The largest absolute Gasteiger partial charge is 0.349 e. The summed E-state index contributed by atoms with van der Waals surface area (Å²) in [6.07, 6.45) is 3.90. The van der Waals surface area contributed by atoms with Crippen molar-refractivity contribution in [2.45, 2.75) is 13.3 Å². The van der Waals surface area contributed by atoms with Crippen molar-refractivity contribution in [3.63, 3.8) is 0 Å². The van der Waals surface area contributed by atoms with E-state index < -0.39 is 10.0 Å². The van der Waals surface area contributed by atoms with Crippen molar-refractivity contribution < 1.29 is 8.42 Å². The first kappa shape index (κ1) is 13.5. The van der Waals surface area contributed by atoms with Crippen LogP contribution < -0.4 is 4.72 Å². The molecule has 0 amide bonds. The molecule has 1 aromatic heterocycles. The van der Waals surface area contributed by atoms with Crippen molar-refractivity contribution in [2.24, 2.45) is 5.92 Å². The zero-order valence-electron chi connectivity index (χ0n) is 9.11. The topological polar surface area (TPSA) is 74.8 Å². The minimum absolute atomic E-state index is 0.0391. The second kappa shape index (κ2) is 6.22. The van der Waals surface area contributed by atoms with Crippen LogP contribution in [0.5, 0.6) is 0 Å². The Morgan fingerprint density at radius 3 is 2.94 bits per heavy atom. The molecule has 0 radical (unpaired) electrons. The number of halogens is 1. The summed E-state index contributed by atoms with van der Waals surface area (Å²) < 4.78 is 25.6. The van der Waals surface area contributed by atoms with Crippen molar-refractivity contribution in [1.29, 1.82) is 0 Å². The quantitative estimate of drug-likeness (QED) is 0.715. The summed E-state index contributed by atoms with van der Waals surface area (Å²) in [5.41, 5.74) is 0. The van der Waals surface area contributed by atoms with Crippen LogP contribution in [0.2, 0.25) is 0 Å². The smallest absolute Gasteiger partial charge is 0.211 e. The van der Waals surface area contributed by atoms with Crippen LogP contribution in [-0.4, -0.2) is 36.6 Å². The van der Waals surface area contributed by atoms with E-state index in [2.05, 4.69) is 14.7 Å². The Bertz CT molecular complexity index is 391. The molecule has 1 aromatic rings. The summed E-state index contributed by atoms with van der Waals surface area (Å²) >= 11 is 5.57. The van der Waals surface area contributed by atoms with Crippen molar-refractivity contribution >= 4 is 21.6 Å². The van der Waals surface area contributed by atoms with Crippen LogP contribution in [0.1, 0.15) is 12.7 Å². The maximum absolute atomic E-state index is 11.5. The molecule has 1 rings (SSSR count). The molecular weight excluding hydrogens is 250 g/mol. The third-order valence-corrected chi connectivity index (χ3v) is 4.18. The average Bonchev–Trinajstić information content (AvgIpc) is 2.69.